The van der Waals surface area contributed by atoms with Crippen molar-refractivity contribution in [3.05, 3.63) is 66.2 Å². The second-order valence-electron chi connectivity index (χ2n) is 6.55. The van der Waals surface area contributed by atoms with Gasteiger partial charge in [0.1, 0.15) is 11.6 Å². The van der Waals surface area contributed by atoms with Gasteiger partial charge in [0.15, 0.2) is 11.5 Å². The van der Waals surface area contributed by atoms with Crippen molar-refractivity contribution >= 4 is 5.82 Å². The maximum absolute atomic E-state index is 9.81. The van der Waals surface area contributed by atoms with Gasteiger partial charge in [0.25, 0.3) is 0 Å². The second kappa shape index (κ2) is 9.13. The number of ether oxygens (including phenoxy) is 2. The van der Waals surface area contributed by atoms with E-state index in [1.165, 1.54) is 12.7 Å². The van der Waals surface area contributed by atoms with Crippen molar-refractivity contribution in [1.29, 1.82) is 0 Å². The summed E-state index contributed by atoms with van der Waals surface area (Å²) in [6, 6.07) is 19.4. The Morgan fingerprint density at radius 2 is 1.79 bits per heavy atom. The van der Waals surface area contributed by atoms with Crippen LogP contribution in [0.15, 0.2) is 60.7 Å². The summed E-state index contributed by atoms with van der Waals surface area (Å²) in [6.07, 6.45) is 2.05. The Balaban J connectivity index is 1.85. The van der Waals surface area contributed by atoms with Gasteiger partial charge in [-0.1, -0.05) is 31.5 Å². The van der Waals surface area contributed by atoms with Crippen LogP contribution in [0.25, 0.3) is 11.3 Å². The highest BCUT2D eigenvalue weighted by atomic mass is 16.5. The summed E-state index contributed by atoms with van der Waals surface area (Å²) < 4.78 is 10.5. The van der Waals surface area contributed by atoms with Crippen LogP contribution in [-0.4, -0.2) is 24.3 Å². The molecule has 5 heteroatoms. The van der Waals surface area contributed by atoms with Gasteiger partial charge in [0.05, 0.1) is 26.0 Å². The number of anilines is 1. The Kier molecular flexibility index (Phi) is 6.37. The molecule has 3 aromatic rings. The molecule has 0 aliphatic rings. The zero-order valence-electron chi connectivity index (χ0n) is 16.5. The quantitative estimate of drug-likeness (QED) is 0.548. The van der Waals surface area contributed by atoms with Crippen LogP contribution in [0.1, 0.15) is 31.4 Å². The SMILES string of the molecule is CCCC(Nc1cccc(-c2ccc(O)c(OC)c2)n1)c1ccc(OC)cc1. The smallest absolute Gasteiger partial charge is 0.161 e. The van der Waals surface area contributed by atoms with E-state index in [-0.39, 0.29) is 11.8 Å². The third kappa shape index (κ3) is 4.55. The molecule has 0 bridgehead atoms. The molecule has 1 heterocycles. The molecule has 1 unspecified atom stereocenters. The lowest BCUT2D eigenvalue weighted by atomic mass is 10.0. The molecule has 146 valence electrons. The summed E-state index contributed by atoms with van der Waals surface area (Å²) in [6.45, 7) is 2.17. The minimum Gasteiger partial charge on any atom is -0.504 e. The molecular weight excluding hydrogens is 352 g/mol. The number of phenolic OH excluding ortho intramolecular Hbond substituents is 1. The monoisotopic (exact) mass is 378 g/mol. The molecule has 0 saturated heterocycles. The molecule has 1 aromatic heterocycles. The maximum atomic E-state index is 9.81. The number of benzene rings is 2. The second-order valence-corrected chi connectivity index (χ2v) is 6.55. The molecule has 1 atom stereocenters. The van der Waals surface area contributed by atoms with Gasteiger partial charge in [-0.15, -0.1) is 0 Å². The van der Waals surface area contributed by atoms with E-state index in [0.29, 0.717) is 5.75 Å². The molecular formula is C23H26N2O3. The predicted octanol–water partition coefficient (Wildman–Crippen LogP) is 5.42. The molecule has 5 nitrogen and oxygen atoms in total. The first-order valence-electron chi connectivity index (χ1n) is 9.39. The van der Waals surface area contributed by atoms with Crippen LogP contribution in [0.4, 0.5) is 5.82 Å². The normalized spacial score (nSPS) is 11.7. The summed E-state index contributed by atoms with van der Waals surface area (Å²) in [5.41, 5.74) is 2.89. The van der Waals surface area contributed by atoms with Crippen LogP contribution in [0.2, 0.25) is 0 Å². The Hall–Kier alpha value is -3.21. The highest BCUT2D eigenvalue weighted by Crippen LogP contribution is 2.32. The number of phenols is 1. The number of hydrogen-bond donors (Lipinski definition) is 2. The first-order valence-corrected chi connectivity index (χ1v) is 9.39. The molecule has 0 radical (unpaired) electrons. The van der Waals surface area contributed by atoms with Crippen molar-refractivity contribution in [1.82, 2.24) is 4.98 Å². The fourth-order valence-corrected chi connectivity index (χ4v) is 3.14. The topological polar surface area (TPSA) is 63.6 Å². The highest BCUT2D eigenvalue weighted by Gasteiger charge is 2.12. The van der Waals surface area contributed by atoms with Gasteiger partial charge in [-0.25, -0.2) is 4.98 Å². The molecule has 0 spiro atoms. The number of hydrogen-bond acceptors (Lipinski definition) is 5. The Labute approximate surface area is 166 Å². The number of methoxy groups -OCH3 is 2. The van der Waals surface area contributed by atoms with E-state index in [4.69, 9.17) is 14.5 Å². The van der Waals surface area contributed by atoms with Crippen LogP contribution in [0.5, 0.6) is 17.2 Å². The van der Waals surface area contributed by atoms with Gasteiger partial charge in [0.2, 0.25) is 0 Å². The summed E-state index contributed by atoms with van der Waals surface area (Å²) in [5.74, 6) is 2.20. The maximum Gasteiger partial charge on any atom is 0.161 e. The molecule has 0 saturated carbocycles. The van der Waals surface area contributed by atoms with Gasteiger partial charge in [-0.3, -0.25) is 0 Å². The van der Waals surface area contributed by atoms with E-state index in [9.17, 15) is 5.11 Å². The predicted molar refractivity (Wildman–Crippen MR) is 112 cm³/mol. The number of pyridine rings is 1. The van der Waals surface area contributed by atoms with Crippen LogP contribution >= 0.6 is 0 Å². The molecule has 0 aliphatic heterocycles. The van der Waals surface area contributed by atoms with Gasteiger partial charge in [-0.2, -0.15) is 0 Å². The largest absolute Gasteiger partial charge is 0.504 e. The lowest BCUT2D eigenvalue weighted by Crippen LogP contribution is -2.11. The number of aromatic hydroxyl groups is 1. The van der Waals surface area contributed by atoms with E-state index in [2.05, 4.69) is 24.4 Å². The summed E-state index contributed by atoms with van der Waals surface area (Å²) in [7, 11) is 3.21. The lowest BCUT2D eigenvalue weighted by molar-refractivity contribution is 0.373. The van der Waals surface area contributed by atoms with Gasteiger partial charge in [0, 0.05) is 5.56 Å². The Bertz CT molecular complexity index is 910. The molecule has 3 rings (SSSR count). The number of nitrogens with zero attached hydrogens (tertiary/aromatic N) is 1. The van der Waals surface area contributed by atoms with E-state index in [1.54, 1.807) is 19.2 Å². The van der Waals surface area contributed by atoms with Crippen LogP contribution in [0.3, 0.4) is 0 Å². The molecule has 0 fully saturated rings. The third-order valence-corrected chi connectivity index (χ3v) is 4.64. The lowest BCUT2D eigenvalue weighted by Gasteiger charge is -2.20. The third-order valence-electron chi connectivity index (χ3n) is 4.64. The molecule has 0 amide bonds. The van der Waals surface area contributed by atoms with E-state index >= 15 is 0 Å². The fraction of sp³-hybridized carbons (Fsp3) is 0.261. The number of aromatic nitrogens is 1. The van der Waals surface area contributed by atoms with Gasteiger partial charge in [-0.05, 0) is 54.4 Å². The Morgan fingerprint density at radius 1 is 1.00 bits per heavy atom. The summed E-state index contributed by atoms with van der Waals surface area (Å²) >= 11 is 0. The zero-order chi connectivity index (χ0) is 19.9. The Morgan fingerprint density at radius 3 is 2.46 bits per heavy atom. The van der Waals surface area contributed by atoms with E-state index < -0.39 is 0 Å². The van der Waals surface area contributed by atoms with Crippen molar-refractivity contribution in [2.24, 2.45) is 0 Å². The van der Waals surface area contributed by atoms with Gasteiger partial charge < -0.3 is 19.9 Å². The molecule has 2 aromatic carbocycles. The first kappa shape index (κ1) is 19.5. The number of rotatable bonds is 8. The minimum atomic E-state index is 0.114. The van der Waals surface area contributed by atoms with Crippen LogP contribution in [0, 0.1) is 0 Å². The van der Waals surface area contributed by atoms with Crippen molar-refractivity contribution in [2.75, 3.05) is 19.5 Å². The van der Waals surface area contributed by atoms with Crippen molar-refractivity contribution in [3.63, 3.8) is 0 Å². The average molecular weight is 378 g/mol. The van der Waals surface area contributed by atoms with Crippen molar-refractivity contribution in [3.8, 4) is 28.5 Å². The summed E-state index contributed by atoms with van der Waals surface area (Å²) in [4.78, 5) is 4.76. The first-order chi connectivity index (χ1) is 13.6. The van der Waals surface area contributed by atoms with Crippen molar-refractivity contribution < 1.29 is 14.6 Å². The highest BCUT2D eigenvalue weighted by molar-refractivity contribution is 5.65. The fourth-order valence-electron chi connectivity index (χ4n) is 3.14. The molecule has 28 heavy (non-hydrogen) atoms. The van der Waals surface area contributed by atoms with Crippen molar-refractivity contribution in [2.45, 2.75) is 25.8 Å². The van der Waals surface area contributed by atoms with E-state index in [0.717, 1.165) is 35.7 Å². The van der Waals surface area contributed by atoms with Crippen LogP contribution < -0.4 is 14.8 Å². The van der Waals surface area contributed by atoms with Crippen LogP contribution in [-0.2, 0) is 0 Å². The van der Waals surface area contributed by atoms with Gasteiger partial charge >= 0.3 is 0 Å². The minimum absolute atomic E-state index is 0.114. The molecule has 2 N–H and O–H groups in total. The molecule has 0 aliphatic carbocycles. The zero-order valence-corrected chi connectivity index (χ0v) is 16.5. The summed E-state index contributed by atoms with van der Waals surface area (Å²) in [5, 5.41) is 13.4. The average Bonchev–Trinajstić information content (AvgIpc) is 2.74. The number of nitrogens with one attached hydrogen (secondary N) is 1. The van der Waals surface area contributed by atoms with E-state index in [1.807, 2.05) is 36.4 Å². The standard InChI is InChI=1S/C23H26N2O3/c1-4-6-19(16-9-12-18(27-2)13-10-16)24-23-8-5-7-20(25-23)17-11-14-21(26)22(15-17)28-3/h5,7-15,19,26H,4,6H2,1-3H3,(H,24,25).